The first-order valence-electron chi connectivity index (χ1n) is 8.91. The van der Waals surface area contributed by atoms with Gasteiger partial charge in [-0.1, -0.05) is 43.2 Å². The summed E-state index contributed by atoms with van der Waals surface area (Å²) in [5.41, 5.74) is 1.03. The number of ether oxygens (including phenoxy) is 2. The van der Waals surface area contributed by atoms with Crippen LogP contribution in [0, 0.1) is 0 Å². The number of carbonyl (C=O) groups is 2. The summed E-state index contributed by atoms with van der Waals surface area (Å²) in [5, 5.41) is 1.72. The molecule has 0 spiro atoms. The third-order valence-corrected chi connectivity index (χ3v) is 5.81. The van der Waals surface area contributed by atoms with E-state index in [-0.39, 0.29) is 22.0 Å². The van der Waals surface area contributed by atoms with E-state index in [9.17, 15) is 9.59 Å². The van der Waals surface area contributed by atoms with Gasteiger partial charge in [-0.25, -0.2) is 0 Å². The van der Waals surface area contributed by atoms with Crippen molar-refractivity contribution in [1.29, 1.82) is 0 Å². The van der Waals surface area contributed by atoms with Crippen LogP contribution >= 0.6 is 11.8 Å². The number of imide groups is 1. The van der Waals surface area contributed by atoms with Crippen LogP contribution in [0.5, 0.6) is 5.75 Å². The van der Waals surface area contributed by atoms with Crippen molar-refractivity contribution in [3.8, 4) is 5.75 Å². The Morgan fingerprint density at radius 3 is 2.48 bits per heavy atom. The van der Waals surface area contributed by atoms with Crippen LogP contribution < -0.4 is 10.1 Å². The summed E-state index contributed by atoms with van der Waals surface area (Å²) in [6.45, 7) is 3.33. The van der Waals surface area contributed by atoms with E-state index < -0.39 is 0 Å². The van der Waals surface area contributed by atoms with Gasteiger partial charge in [-0.05, 0) is 43.9 Å². The molecule has 1 N–H and O–H groups in total. The van der Waals surface area contributed by atoms with Crippen LogP contribution in [0.3, 0.4) is 0 Å². The van der Waals surface area contributed by atoms with Gasteiger partial charge in [0.1, 0.15) is 12.4 Å². The molecule has 1 unspecified atom stereocenters. The summed E-state index contributed by atoms with van der Waals surface area (Å²) in [6.07, 6.45) is 6.64. The highest BCUT2D eigenvalue weighted by Gasteiger charge is 2.31. The summed E-state index contributed by atoms with van der Waals surface area (Å²) < 4.78 is 11.8. The largest absolute Gasteiger partial charge is 0.491 e. The van der Waals surface area contributed by atoms with Crippen LogP contribution in [0.2, 0.25) is 0 Å². The van der Waals surface area contributed by atoms with E-state index in [0.29, 0.717) is 19.6 Å². The van der Waals surface area contributed by atoms with E-state index in [1.54, 1.807) is 0 Å². The minimum absolute atomic E-state index is 0.0163. The predicted molar refractivity (Wildman–Crippen MR) is 98.0 cm³/mol. The van der Waals surface area contributed by atoms with Gasteiger partial charge in [-0.2, -0.15) is 0 Å². The molecule has 3 rings (SSSR count). The van der Waals surface area contributed by atoms with Gasteiger partial charge in [-0.3, -0.25) is 14.9 Å². The van der Waals surface area contributed by atoms with E-state index >= 15 is 0 Å². The van der Waals surface area contributed by atoms with E-state index in [2.05, 4.69) is 12.2 Å². The number of thioether (sulfide) groups is 1. The Labute approximate surface area is 152 Å². The molecule has 25 heavy (non-hydrogen) atoms. The molecular weight excluding hydrogens is 338 g/mol. The van der Waals surface area contributed by atoms with Gasteiger partial charge in [0.25, 0.3) is 5.24 Å². The Morgan fingerprint density at radius 2 is 1.84 bits per heavy atom. The summed E-state index contributed by atoms with van der Waals surface area (Å²) in [4.78, 5) is 22.8. The van der Waals surface area contributed by atoms with E-state index in [1.165, 1.54) is 19.3 Å². The normalized spacial score (nSPS) is 22.7. The maximum atomic E-state index is 11.6. The lowest BCUT2D eigenvalue weighted by molar-refractivity contribution is -0.118. The monoisotopic (exact) mass is 363 g/mol. The highest BCUT2D eigenvalue weighted by molar-refractivity contribution is 8.15. The Bertz CT molecular complexity index is 610. The summed E-state index contributed by atoms with van der Waals surface area (Å²) in [6, 6.07) is 7.68. The van der Waals surface area contributed by atoms with Gasteiger partial charge in [0.15, 0.2) is 0 Å². The standard InChI is InChI=1S/C19H25NO4S/c1-19(9-3-2-4-10-19)24-12-11-23-15-7-5-14(6-8-15)13-16-17(21)20-18(22)25-16/h5-8,16H,2-4,9-13H2,1H3,(H,20,21,22). The van der Waals surface area contributed by atoms with E-state index in [4.69, 9.17) is 9.47 Å². The summed E-state index contributed by atoms with van der Waals surface area (Å²) in [7, 11) is 0. The molecule has 1 aliphatic heterocycles. The number of carbonyl (C=O) groups excluding carboxylic acids is 2. The fraction of sp³-hybridized carbons (Fsp3) is 0.579. The summed E-state index contributed by atoms with van der Waals surface area (Å²) in [5.74, 6) is 0.587. The van der Waals surface area contributed by atoms with Crippen molar-refractivity contribution in [2.75, 3.05) is 13.2 Å². The van der Waals surface area contributed by atoms with Crippen molar-refractivity contribution in [3.05, 3.63) is 29.8 Å². The molecular formula is C19H25NO4S. The Morgan fingerprint density at radius 1 is 1.12 bits per heavy atom. The molecule has 1 saturated carbocycles. The topological polar surface area (TPSA) is 64.6 Å². The zero-order valence-electron chi connectivity index (χ0n) is 14.6. The second-order valence-electron chi connectivity index (χ2n) is 6.94. The first kappa shape index (κ1) is 18.3. The minimum Gasteiger partial charge on any atom is -0.491 e. The number of amides is 2. The van der Waals surface area contributed by atoms with Gasteiger partial charge in [0.05, 0.1) is 17.5 Å². The number of benzene rings is 1. The molecule has 2 fully saturated rings. The lowest BCUT2D eigenvalue weighted by atomic mass is 9.86. The Balaban J connectivity index is 1.40. The van der Waals surface area contributed by atoms with Crippen molar-refractivity contribution in [2.45, 2.75) is 56.3 Å². The fourth-order valence-corrected chi connectivity index (χ4v) is 4.21. The predicted octanol–water partition coefficient (Wildman–Crippen LogP) is 3.70. The molecule has 1 atom stereocenters. The van der Waals surface area contributed by atoms with Crippen molar-refractivity contribution < 1.29 is 19.1 Å². The molecule has 1 aliphatic carbocycles. The molecule has 0 bridgehead atoms. The number of rotatable bonds is 7. The van der Waals surface area contributed by atoms with Gasteiger partial charge < -0.3 is 9.47 Å². The average Bonchev–Trinajstić information content (AvgIpc) is 2.91. The van der Waals surface area contributed by atoms with Gasteiger partial charge in [-0.15, -0.1) is 0 Å². The molecule has 2 aliphatic rings. The highest BCUT2D eigenvalue weighted by atomic mass is 32.2. The van der Waals surface area contributed by atoms with Crippen LogP contribution in [0.25, 0.3) is 0 Å². The van der Waals surface area contributed by atoms with E-state index in [1.807, 2.05) is 24.3 Å². The maximum absolute atomic E-state index is 11.6. The van der Waals surface area contributed by atoms with Crippen LogP contribution in [0.4, 0.5) is 4.79 Å². The van der Waals surface area contributed by atoms with Crippen molar-refractivity contribution in [3.63, 3.8) is 0 Å². The van der Waals surface area contributed by atoms with Crippen LogP contribution in [0.15, 0.2) is 24.3 Å². The number of hydrogen-bond donors (Lipinski definition) is 1. The minimum atomic E-state index is -0.330. The smallest absolute Gasteiger partial charge is 0.286 e. The zero-order chi connectivity index (χ0) is 17.7. The first-order valence-corrected chi connectivity index (χ1v) is 9.79. The molecule has 1 aromatic carbocycles. The average molecular weight is 363 g/mol. The molecule has 1 heterocycles. The molecule has 2 amide bonds. The molecule has 1 aromatic rings. The Hall–Kier alpha value is -1.53. The molecule has 1 saturated heterocycles. The second kappa shape index (κ2) is 8.23. The van der Waals surface area contributed by atoms with Crippen molar-refractivity contribution in [2.24, 2.45) is 0 Å². The van der Waals surface area contributed by atoms with Crippen LogP contribution in [-0.2, 0) is 16.0 Å². The van der Waals surface area contributed by atoms with E-state index in [0.717, 1.165) is 35.9 Å². The fourth-order valence-electron chi connectivity index (χ4n) is 3.36. The molecule has 136 valence electrons. The quantitative estimate of drug-likeness (QED) is 0.749. The van der Waals surface area contributed by atoms with Gasteiger partial charge in [0, 0.05) is 0 Å². The molecule has 5 nitrogen and oxygen atoms in total. The van der Waals surface area contributed by atoms with Crippen molar-refractivity contribution in [1.82, 2.24) is 5.32 Å². The highest BCUT2D eigenvalue weighted by Crippen LogP contribution is 2.31. The maximum Gasteiger partial charge on any atom is 0.286 e. The third-order valence-electron chi connectivity index (χ3n) is 4.83. The lowest BCUT2D eigenvalue weighted by Gasteiger charge is -2.33. The molecule has 0 aromatic heterocycles. The zero-order valence-corrected chi connectivity index (χ0v) is 15.4. The summed E-state index contributed by atoms with van der Waals surface area (Å²) >= 11 is 1.06. The van der Waals surface area contributed by atoms with Crippen LogP contribution in [-0.4, -0.2) is 35.2 Å². The number of hydrogen-bond acceptors (Lipinski definition) is 5. The molecule has 6 heteroatoms. The van der Waals surface area contributed by atoms with Crippen molar-refractivity contribution >= 4 is 22.9 Å². The second-order valence-corrected chi connectivity index (χ2v) is 8.11. The third kappa shape index (κ3) is 5.22. The van der Waals surface area contributed by atoms with Gasteiger partial charge in [0.2, 0.25) is 5.91 Å². The van der Waals surface area contributed by atoms with Gasteiger partial charge >= 0.3 is 0 Å². The van der Waals surface area contributed by atoms with Crippen LogP contribution in [0.1, 0.15) is 44.6 Å². The Kier molecular flexibility index (Phi) is 6.02. The SMILES string of the molecule is CC1(OCCOc2ccc(CC3SC(=O)NC3=O)cc2)CCCCC1. The number of nitrogens with one attached hydrogen (secondary N) is 1. The molecule has 0 radical (unpaired) electrons. The lowest BCUT2D eigenvalue weighted by Crippen LogP contribution is -2.32. The first-order chi connectivity index (χ1) is 12.0.